The average molecular weight is 642 g/mol. The van der Waals surface area contributed by atoms with Crippen LogP contribution in [-0.2, 0) is 0 Å². The zero-order valence-electron chi connectivity index (χ0n) is 28.2. The van der Waals surface area contributed by atoms with Crippen LogP contribution in [-0.4, -0.2) is 21.6 Å². The van der Waals surface area contributed by atoms with Crippen LogP contribution in [0.4, 0.5) is 0 Å². The Bertz CT molecular complexity index is 1870. The number of pyridine rings is 3. The van der Waals surface area contributed by atoms with Crippen molar-refractivity contribution in [3.05, 3.63) is 156 Å². The summed E-state index contributed by atoms with van der Waals surface area (Å²) in [6.07, 6.45) is 19.8. The van der Waals surface area contributed by atoms with E-state index in [9.17, 15) is 0 Å². The van der Waals surface area contributed by atoms with Crippen molar-refractivity contribution in [3.8, 4) is 39.7 Å². The molecular formula is C45H43N3O. The molecule has 0 unspecified atom stereocenters. The van der Waals surface area contributed by atoms with Gasteiger partial charge in [0.2, 0.25) is 0 Å². The predicted octanol–water partition coefficient (Wildman–Crippen LogP) is 12.0. The van der Waals surface area contributed by atoms with Crippen molar-refractivity contribution in [2.24, 2.45) is 0 Å². The van der Waals surface area contributed by atoms with Crippen LogP contribution >= 0.6 is 0 Å². The highest BCUT2D eigenvalue weighted by Gasteiger charge is 2.10. The number of hydrogen-bond acceptors (Lipinski definition) is 4. The highest BCUT2D eigenvalue weighted by atomic mass is 16.5. The Hall–Kier alpha value is -5.61. The second kappa shape index (κ2) is 17.5. The molecule has 4 heteroatoms. The summed E-state index contributed by atoms with van der Waals surface area (Å²) in [5.41, 5.74) is 10.1. The van der Waals surface area contributed by atoms with E-state index >= 15 is 0 Å². The molecule has 0 aliphatic rings. The first-order valence-corrected chi connectivity index (χ1v) is 17.4. The number of benzene rings is 3. The van der Waals surface area contributed by atoms with Gasteiger partial charge in [-0.15, -0.1) is 0 Å². The molecule has 4 nitrogen and oxygen atoms in total. The van der Waals surface area contributed by atoms with Crippen LogP contribution in [0.15, 0.2) is 134 Å². The molecule has 0 spiro atoms. The van der Waals surface area contributed by atoms with Crippen LogP contribution in [0.3, 0.4) is 0 Å². The summed E-state index contributed by atoms with van der Waals surface area (Å²) in [5, 5.41) is 0. The number of nitrogens with zero attached hydrogens (tertiary/aromatic N) is 3. The van der Waals surface area contributed by atoms with Gasteiger partial charge in [-0.1, -0.05) is 136 Å². The van der Waals surface area contributed by atoms with Crippen molar-refractivity contribution in [2.45, 2.75) is 45.4 Å². The van der Waals surface area contributed by atoms with E-state index in [0.29, 0.717) is 0 Å². The summed E-state index contributed by atoms with van der Waals surface area (Å²) in [6, 6.07) is 41.5. The number of unbranched alkanes of at least 4 members (excludes halogenated alkanes) is 5. The van der Waals surface area contributed by atoms with Gasteiger partial charge < -0.3 is 4.74 Å². The molecule has 3 aromatic carbocycles. The van der Waals surface area contributed by atoms with E-state index in [2.05, 4.69) is 126 Å². The maximum atomic E-state index is 5.93. The molecular weight excluding hydrogens is 599 g/mol. The van der Waals surface area contributed by atoms with E-state index in [1.54, 1.807) is 12.4 Å². The Morgan fingerprint density at radius 2 is 0.939 bits per heavy atom. The number of ether oxygens (including phenoxy) is 1. The summed E-state index contributed by atoms with van der Waals surface area (Å²) in [4.78, 5) is 14.0. The van der Waals surface area contributed by atoms with Gasteiger partial charge in [-0.2, -0.15) is 0 Å². The lowest BCUT2D eigenvalue weighted by Crippen LogP contribution is -1.97. The van der Waals surface area contributed by atoms with Gasteiger partial charge in [0.15, 0.2) is 0 Å². The fraction of sp³-hybridized carbons (Fsp3) is 0.178. The first kappa shape index (κ1) is 33.3. The molecule has 0 aliphatic heterocycles. The molecule has 6 rings (SSSR count). The largest absolute Gasteiger partial charge is 0.494 e. The lowest BCUT2D eigenvalue weighted by Gasteiger charge is -2.09. The van der Waals surface area contributed by atoms with Gasteiger partial charge in [0.1, 0.15) is 5.75 Å². The van der Waals surface area contributed by atoms with E-state index in [0.717, 1.165) is 74.9 Å². The fourth-order valence-corrected chi connectivity index (χ4v) is 5.63. The first-order chi connectivity index (χ1) is 24.2. The van der Waals surface area contributed by atoms with E-state index in [1.165, 1.54) is 32.1 Å². The van der Waals surface area contributed by atoms with Crippen LogP contribution in [0.5, 0.6) is 5.75 Å². The molecule has 3 heterocycles. The van der Waals surface area contributed by atoms with Crippen molar-refractivity contribution < 1.29 is 4.74 Å². The first-order valence-electron chi connectivity index (χ1n) is 17.4. The molecule has 0 bridgehead atoms. The van der Waals surface area contributed by atoms with Gasteiger partial charge in [0.05, 0.1) is 29.4 Å². The lowest BCUT2D eigenvalue weighted by molar-refractivity contribution is 0.304. The molecule has 0 atom stereocenters. The molecule has 0 saturated carbocycles. The summed E-state index contributed by atoms with van der Waals surface area (Å²) in [6.45, 7) is 3.05. The summed E-state index contributed by atoms with van der Waals surface area (Å²) < 4.78 is 5.93. The van der Waals surface area contributed by atoms with Crippen molar-refractivity contribution in [1.82, 2.24) is 15.0 Å². The minimum Gasteiger partial charge on any atom is -0.494 e. The molecule has 0 N–H and O–H groups in total. The second-order valence-electron chi connectivity index (χ2n) is 12.2. The maximum absolute atomic E-state index is 5.93. The quantitative estimate of drug-likeness (QED) is 0.0827. The zero-order chi connectivity index (χ0) is 33.5. The third kappa shape index (κ3) is 9.94. The van der Waals surface area contributed by atoms with Crippen LogP contribution in [0.1, 0.15) is 67.7 Å². The molecule has 244 valence electrons. The van der Waals surface area contributed by atoms with E-state index in [1.807, 2.05) is 36.4 Å². The van der Waals surface area contributed by atoms with Gasteiger partial charge in [0.25, 0.3) is 0 Å². The Kier molecular flexibility index (Phi) is 11.9. The molecule has 0 amide bonds. The minimum absolute atomic E-state index is 0.793. The lowest BCUT2D eigenvalue weighted by atomic mass is 10.0. The van der Waals surface area contributed by atoms with E-state index < -0.39 is 0 Å². The van der Waals surface area contributed by atoms with Crippen LogP contribution in [0.25, 0.3) is 58.2 Å². The predicted molar refractivity (Wildman–Crippen MR) is 206 cm³/mol. The Morgan fingerprint density at radius 3 is 1.43 bits per heavy atom. The molecule has 6 aromatic rings. The van der Waals surface area contributed by atoms with Gasteiger partial charge >= 0.3 is 0 Å². The number of aromatic nitrogens is 3. The Balaban J connectivity index is 1.05. The van der Waals surface area contributed by atoms with Gasteiger partial charge in [-0.05, 0) is 88.3 Å². The summed E-state index contributed by atoms with van der Waals surface area (Å²) in [5.74, 6) is 0.943. The molecule has 0 saturated heterocycles. The smallest absolute Gasteiger partial charge is 0.119 e. The topological polar surface area (TPSA) is 47.9 Å². The third-order valence-electron chi connectivity index (χ3n) is 8.44. The molecule has 49 heavy (non-hydrogen) atoms. The number of rotatable bonds is 15. The van der Waals surface area contributed by atoms with Gasteiger partial charge in [0, 0.05) is 12.4 Å². The van der Waals surface area contributed by atoms with Gasteiger partial charge in [-0.25, -0.2) is 4.98 Å². The van der Waals surface area contributed by atoms with Crippen molar-refractivity contribution in [2.75, 3.05) is 6.61 Å². The average Bonchev–Trinajstić information content (AvgIpc) is 3.17. The summed E-state index contributed by atoms with van der Waals surface area (Å²) in [7, 11) is 0. The Morgan fingerprint density at radius 1 is 0.469 bits per heavy atom. The third-order valence-corrected chi connectivity index (χ3v) is 8.44. The molecule has 3 aromatic heterocycles. The molecule has 0 fully saturated rings. The minimum atomic E-state index is 0.793. The SMILES string of the molecule is CCCCCCCCOc1ccc(/C=C/c2ccc(/C=C/c3ccc(-c4cc(-c5ccccn5)nc(-c5ccccn5)c4)cc3)cc2)cc1. The van der Waals surface area contributed by atoms with Crippen molar-refractivity contribution >= 4 is 24.3 Å². The monoisotopic (exact) mass is 641 g/mol. The van der Waals surface area contributed by atoms with Crippen molar-refractivity contribution in [3.63, 3.8) is 0 Å². The highest BCUT2D eigenvalue weighted by molar-refractivity contribution is 5.77. The van der Waals surface area contributed by atoms with Crippen LogP contribution in [0.2, 0.25) is 0 Å². The normalized spacial score (nSPS) is 11.4. The standard InChI is InChI=1S/C45H43N3O/c1-2-3-4-5-6-11-32-49-41-28-24-38(25-29-41)21-19-36-16-14-35(15-17-36)18-20-37-22-26-39(27-23-37)40-33-44(42-12-7-9-30-46-42)48-45(34-40)43-13-8-10-31-47-43/h7-10,12-31,33-34H,2-6,11,32H2,1H3/b20-18+,21-19+. The maximum Gasteiger partial charge on any atom is 0.119 e. The fourth-order valence-electron chi connectivity index (χ4n) is 5.63. The highest BCUT2D eigenvalue weighted by Crippen LogP contribution is 2.29. The summed E-state index contributed by atoms with van der Waals surface area (Å²) >= 11 is 0. The van der Waals surface area contributed by atoms with E-state index in [-0.39, 0.29) is 0 Å². The molecule has 0 radical (unpaired) electrons. The Labute approximate surface area is 290 Å². The van der Waals surface area contributed by atoms with Gasteiger partial charge in [-0.3, -0.25) is 9.97 Å². The van der Waals surface area contributed by atoms with Crippen molar-refractivity contribution in [1.29, 1.82) is 0 Å². The van der Waals surface area contributed by atoms with Crippen LogP contribution < -0.4 is 4.74 Å². The van der Waals surface area contributed by atoms with Crippen LogP contribution in [0, 0.1) is 0 Å². The second-order valence-corrected chi connectivity index (χ2v) is 12.2. The number of hydrogen-bond donors (Lipinski definition) is 0. The zero-order valence-corrected chi connectivity index (χ0v) is 28.2. The molecule has 0 aliphatic carbocycles. The van der Waals surface area contributed by atoms with E-state index in [4.69, 9.17) is 9.72 Å².